The van der Waals surface area contributed by atoms with Crippen LogP contribution in [0.4, 0.5) is 29.1 Å². The lowest BCUT2D eigenvalue weighted by molar-refractivity contribution is -0.139. The van der Waals surface area contributed by atoms with Crippen LogP contribution < -0.4 is 10.3 Å². The number of aromatic hydroxyl groups is 2. The molecule has 4 aromatic rings. The number of carbonyl (C=O) groups excluding carboxylic acids is 4. The third kappa shape index (κ3) is 5.71. The van der Waals surface area contributed by atoms with Crippen LogP contribution in [-0.2, 0) is 30.8 Å². The number of pyridine rings is 1. The predicted molar refractivity (Wildman–Crippen MR) is 192 cm³/mol. The van der Waals surface area contributed by atoms with E-state index in [2.05, 4.69) is 10.4 Å². The lowest BCUT2D eigenvalue weighted by Crippen LogP contribution is -2.53. The first-order valence-corrected chi connectivity index (χ1v) is 18.0. The molecule has 0 bridgehead atoms. The van der Waals surface area contributed by atoms with Crippen LogP contribution in [0.5, 0.6) is 11.5 Å². The molecule has 57 heavy (non-hydrogen) atoms. The summed E-state index contributed by atoms with van der Waals surface area (Å²) >= 11 is 12.5. The first-order chi connectivity index (χ1) is 26.9. The third-order valence-corrected chi connectivity index (χ3v) is 11.9. The number of alkyl halides is 3. The Kier molecular flexibility index (Phi) is 8.84. The van der Waals surface area contributed by atoms with Gasteiger partial charge in [-0.05, 0) is 72.4 Å². The van der Waals surface area contributed by atoms with Gasteiger partial charge in [0.1, 0.15) is 11.3 Å². The minimum atomic E-state index is -4.81. The minimum absolute atomic E-state index is 0.0512. The average Bonchev–Trinajstić information content (AvgIpc) is 3.53. The molecule has 4 amide bonds. The molecule has 292 valence electrons. The maximum absolute atomic E-state index is 15.3. The fraction of sp³-hybridized carbons (Fsp3) is 0.231. The first kappa shape index (κ1) is 37.9. The van der Waals surface area contributed by atoms with E-state index in [1.807, 2.05) is 0 Å². The van der Waals surface area contributed by atoms with Crippen molar-refractivity contribution in [3.8, 4) is 11.5 Å². The SMILES string of the molecule is O=C(O)c1ccc(N2C(=O)[C@H]3[C@H](CC=C4[C@H]3C[C@H]3C(=O)N(Nc5ncc(C(F)(F)F)cc5Cl)C(=O)[C@@]3(c3ccc(Cl)cc3)[C@H]4c3ccc(O)c(F)c3)C2=O)cc1O. The molecule has 3 aromatic carbocycles. The number of carboxylic acids is 1. The highest BCUT2D eigenvalue weighted by molar-refractivity contribution is 6.33. The van der Waals surface area contributed by atoms with E-state index in [4.69, 9.17) is 23.2 Å². The molecule has 2 aliphatic carbocycles. The maximum Gasteiger partial charge on any atom is 0.417 e. The van der Waals surface area contributed by atoms with Gasteiger partial charge >= 0.3 is 12.1 Å². The Morgan fingerprint density at radius 2 is 1.61 bits per heavy atom. The summed E-state index contributed by atoms with van der Waals surface area (Å²) in [5, 5.41) is 30.3. The Morgan fingerprint density at radius 1 is 0.895 bits per heavy atom. The number of aromatic carboxylic acids is 1. The average molecular weight is 826 g/mol. The number of allylic oxidation sites excluding steroid dienone is 2. The topological polar surface area (TPSA) is 177 Å². The second-order valence-corrected chi connectivity index (χ2v) is 15.0. The first-order valence-electron chi connectivity index (χ1n) is 17.2. The summed E-state index contributed by atoms with van der Waals surface area (Å²) in [4.78, 5) is 74.5. The molecule has 18 heteroatoms. The number of halogens is 6. The number of nitrogens with one attached hydrogen (secondary N) is 1. The van der Waals surface area contributed by atoms with Crippen LogP contribution in [0, 0.1) is 29.5 Å². The maximum atomic E-state index is 15.3. The van der Waals surface area contributed by atoms with E-state index in [-0.39, 0.29) is 34.7 Å². The van der Waals surface area contributed by atoms with Gasteiger partial charge in [-0.2, -0.15) is 18.2 Å². The predicted octanol–water partition coefficient (Wildman–Crippen LogP) is 6.85. The van der Waals surface area contributed by atoms with Gasteiger partial charge in [0.15, 0.2) is 17.4 Å². The molecule has 0 unspecified atom stereocenters. The highest BCUT2D eigenvalue weighted by Gasteiger charge is 2.70. The lowest BCUT2D eigenvalue weighted by Gasteiger charge is -2.50. The Labute approximate surface area is 328 Å². The van der Waals surface area contributed by atoms with Crippen LogP contribution in [0.25, 0.3) is 0 Å². The molecule has 1 aromatic heterocycles. The Balaban J connectivity index is 1.29. The smallest absolute Gasteiger partial charge is 0.417 e. The molecular weight excluding hydrogens is 799 g/mol. The van der Waals surface area contributed by atoms with Crippen LogP contribution in [0.3, 0.4) is 0 Å². The van der Waals surface area contributed by atoms with Crippen molar-refractivity contribution in [3.63, 3.8) is 0 Å². The number of carboxylic acid groups (broad SMARTS) is 1. The van der Waals surface area contributed by atoms with Gasteiger partial charge in [-0.15, -0.1) is 0 Å². The monoisotopic (exact) mass is 824 g/mol. The number of phenols is 2. The zero-order chi connectivity index (χ0) is 40.9. The van der Waals surface area contributed by atoms with Crippen LogP contribution in [0.1, 0.15) is 45.8 Å². The lowest BCUT2D eigenvalue weighted by atomic mass is 9.49. The van der Waals surface area contributed by atoms with Gasteiger partial charge in [0.25, 0.3) is 11.8 Å². The number of anilines is 2. The van der Waals surface area contributed by atoms with Gasteiger partial charge in [-0.1, -0.05) is 53.1 Å². The van der Waals surface area contributed by atoms with Crippen LogP contribution in [-0.4, -0.2) is 54.9 Å². The summed E-state index contributed by atoms with van der Waals surface area (Å²) in [6.45, 7) is 0. The summed E-state index contributed by atoms with van der Waals surface area (Å²) in [5.41, 5.74) is -0.475. The van der Waals surface area contributed by atoms with E-state index >= 15 is 9.18 Å². The van der Waals surface area contributed by atoms with Gasteiger partial charge in [-0.25, -0.2) is 19.1 Å². The number of hydrogen-bond acceptors (Lipinski definition) is 9. The van der Waals surface area contributed by atoms with Crippen molar-refractivity contribution < 1.29 is 56.9 Å². The number of hydrazine groups is 1. The Hall–Kier alpha value is -6.00. The zero-order valence-corrected chi connectivity index (χ0v) is 30.3. The van der Waals surface area contributed by atoms with Crippen LogP contribution in [0.15, 0.2) is 84.6 Å². The van der Waals surface area contributed by atoms with Crippen molar-refractivity contribution in [2.24, 2.45) is 23.7 Å². The van der Waals surface area contributed by atoms with E-state index in [1.165, 1.54) is 36.4 Å². The minimum Gasteiger partial charge on any atom is -0.507 e. The molecule has 4 N–H and O–H groups in total. The number of benzene rings is 3. The van der Waals surface area contributed by atoms with Crippen LogP contribution in [0.2, 0.25) is 10.0 Å². The normalized spacial score (nSPS) is 25.6. The summed E-state index contributed by atoms with van der Waals surface area (Å²) in [7, 11) is 0. The number of imide groups is 2. The van der Waals surface area contributed by atoms with Crippen molar-refractivity contribution in [1.82, 2.24) is 9.99 Å². The molecule has 8 rings (SSSR count). The summed E-state index contributed by atoms with van der Waals surface area (Å²) in [6.07, 6.45) is -2.97. The number of amides is 4. The second-order valence-electron chi connectivity index (χ2n) is 14.1. The van der Waals surface area contributed by atoms with Gasteiger partial charge in [0.05, 0.1) is 39.4 Å². The van der Waals surface area contributed by atoms with E-state index in [9.17, 15) is 47.7 Å². The molecule has 1 saturated carbocycles. The van der Waals surface area contributed by atoms with Crippen molar-refractivity contribution >= 4 is 64.3 Å². The molecule has 0 spiro atoms. The number of hydrogen-bond donors (Lipinski definition) is 4. The molecule has 6 atom stereocenters. The van der Waals surface area contributed by atoms with Gasteiger partial charge < -0.3 is 15.3 Å². The summed E-state index contributed by atoms with van der Waals surface area (Å²) in [5.74, 6) is -13.4. The highest BCUT2D eigenvalue weighted by atomic mass is 35.5. The molecule has 3 fully saturated rings. The third-order valence-electron chi connectivity index (χ3n) is 11.3. The Morgan fingerprint density at radius 3 is 2.25 bits per heavy atom. The fourth-order valence-corrected chi connectivity index (χ4v) is 9.29. The largest absolute Gasteiger partial charge is 0.507 e. The molecular formula is C39H26Cl2F4N4O8. The number of carbonyl (C=O) groups is 5. The number of nitrogens with zero attached hydrogens (tertiary/aromatic N) is 3. The molecule has 4 aliphatic rings. The van der Waals surface area contributed by atoms with Gasteiger partial charge in [0, 0.05) is 23.2 Å². The molecule has 0 radical (unpaired) electrons. The summed E-state index contributed by atoms with van der Waals surface area (Å²) < 4.78 is 55.7. The second kappa shape index (κ2) is 13.3. The fourth-order valence-electron chi connectivity index (χ4n) is 8.95. The molecule has 12 nitrogen and oxygen atoms in total. The van der Waals surface area contributed by atoms with Gasteiger partial charge in [0.2, 0.25) is 11.8 Å². The molecule has 2 saturated heterocycles. The van der Waals surface area contributed by atoms with E-state index < -0.39 is 110 Å². The molecule has 3 heterocycles. The summed E-state index contributed by atoms with van der Waals surface area (Å²) in [6, 6.07) is 13.1. The molecule has 2 aliphatic heterocycles. The quantitative estimate of drug-likeness (QED) is 0.0914. The Bertz CT molecular complexity index is 2480. The number of aromatic nitrogens is 1. The van der Waals surface area contributed by atoms with Gasteiger partial charge in [-0.3, -0.25) is 24.6 Å². The van der Waals surface area contributed by atoms with Crippen molar-refractivity contribution in [1.29, 1.82) is 0 Å². The van der Waals surface area contributed by atoms with E-state index in [1.54, 1.807) is 6.08 Å². The van der Waals surface area contributed by atoms with Crippen molar-refractivity contribution in [3.05, 3.63) is 123 Å². The number of rotatable bonds is 6. The van der Waals surface area contributed by atoms with E-state index in [0.29, 0.717) is 22.8 Å². The standard InChI is InChI=1S/C39H26Cl2F4N4O8/c40-19-4-2-17(3-5-19)38-25(34(53)49(37(38)57)47-32-26(41)12-18(15-46-32)39(43,44)45)14-24-21(31(38)16-1-10-28(50)27(42)11-16)8-9-23-30(24)35(54)48(33(23)52)20-6-7-22(36(55)56)29(51)13-20/h1-8,10-13,15,23-25,30-31,50-51H,9,14H2,(H,46,47)(H,55,56)/t23-,24+,25-,30-,31-,38+/m0/s1. The van der Waals surface area contributed by atoms with Crippen molar-refractivity contribution in [2.45, 2.75) is 30.4 Å². The van der Waals surface area contributed by atoms with Crippen molar-refractivity contribution in [2.75, 3.05) is 10.3 Å². The van der Waals surface area contributed by atoms with Crippen LogP contribution >= 0.6 is 23.2 Å². The highest BCUT2D eigenvalue weighted by Crippen LogP contribution is 2.64. The number of fused-ring (bicyclic) bond motifs is 4. The van der Waals surface area contributed by atoms with E-state index in [0.717, 1.165) is 29.2 Å². The number of phenolic OH excluding ortho intramolecular Hbond substituents is 1. The zero-order valence-electron chi connectivity index (χ0n) is 28.8.